The Morgan fingerprint density at radius 3 is 2.09 bits per heavy atom. The van der Waals surface area contributed by atoms with E-state index in [1.54, 1.807) is 31.2 Å². The van der Waals surface area contributed by atoms with Crippen molar-refractivity contribution in [2.45, 2.75) is 20.3 Å². The maximum Gasteiger partial charge on any atom is 0.243 e. The van der Waals surface area contributed by atoms with Gasteiger partial charge in [0.15, 0.2) is 0 Å². The molecule has 23 heavy (non-hydrogen) atoms. The van der Waals surface area contributed by atoms with Crippen molar-refractivity contribution >= 4 is 28.9 Å². The number of hydrogen-bond donors (Lipinski definition) is 3. The number of carbonyl (C=O) groups is 2. The summed E-state index contributed by atoms with van der Waals surface area (Å²) in [6, 6.07) is 14.9. The van der Waals surface area contributed by atoms with Crippen LogP contribution in [-0.2, 0) is 9.59 Å². The van der Waals surface area contributed by atoms with Crippen molar-refractivity contribution < 1.29 is 9.59 Å². The molecule has 2 amide bonds. The number of hydrogen-bond acceptors (Lipinski definition) is 3. The van der Waals surface area contributed by atoms with Gasteiger partial charge in [0.05, 0.1) is 6.54 Å². The van der Waals surface area contributed by atoms with Crippen molar-refractivity contribution in [3.05, 3.63) is 54.1 Å². The van der Waals surface area contributed by atoms with Crippen molar-refractivity contribution in [1.82, 2.24) is 0 Å². The van der Waals surface area contributed by atoms with Crippen LogP contribution in [0, 0.1) is 6.92 Å². The lowest BCUT2D eigenvalue weighted by molar-refractivity contribution is -0.116. The lowest BCUT2D eigenvalue weighted by Crippen LogP contribution is -2.21. The van der Waals surface area contributed by atoms with E-state index in [1.807, 2.05) is 31.2 Å². The van der Waals surface area contributed by atoms with Crippen LogP contribution >= 0.6 is 0 Å². The molecule has 0 aromatic heterocycles. The molecule has 0 aliphatic heterocycles. The molecule has 0 saturated carbocycles. The van der Waals surface area contributed by atoms with E-state index in [4.69, 9.17) is 0 Å². The summed E-state index contributed by atoms with van der Waals surface area (Å²) in [7, 11) is 0. The van der Waals surface area contributed by atoms with Crippen LogP contribution in [-0.4, -0.2) is 18.4 Å². The summed E-state index contributed by atoms with van der Waals surface area (Å²) in [6.07, 6.45) is 0.414. The molecule has 0 fully saturated rings. The number of anilines is 3. The van der Waals surface area contributed by atoms with E-state index in [9.17, 15) is 9.59 Å². The van der Waals surface area contributed by atoms with Crippen LogP contribution in [0.3, 0.4) is 0 Å². The molecule has 0 bridgehead atoms. The minimum Gasteiger partial charge on any atom is -0.376 e. The molecule has 0 aliphatic carbocycles. The molecule has 2 aromatic carbocycles. The standard InChI is InChI=1S/C18H21N3O2/c1-3-17(22)20-15-5-4-6-16(11-15)21-18(23)12-19-14-9-7-13(2)8-10-14/h4-11,19H,3,12H2,1-2H3,(H,20,22)(H,21,23). The van der Waals surface area contributed by atoms with E-state index in [-0.39, 0.29) is 18.4 Å². The van der Waals surface area contributed by atoms with Crippen LogP contribution in [0.25, 0.3) is 0 Å². The normalized spacial score (nSPS) is 10.0. The minimum absolute atomic E-state index is 0.0606. The zero-order chi connectivity index (χ0) is 16.7. The molecular formula is C18H21N3O2. The summed E-state index contributed by atoms with van der Waals surface area (Å²) in [5.74, 6) is -0.209. The Bertz CT molecular complexity index is 681. The second kappa shape index (κ2) is 7.98. The molecule has 5 heteroatoms. The highest BCUT2D eigenvalue weighted by atomic mass is 16.2. The summed E-state index contributed by atoms with van der Waals surface area (Å²) < 4.78 is 0. The van der Waals surface area contributed by atoms with Gasteiger partial charge >= 0.3 is 0 Å². The smallest absolute Gasteiger partial charge is 0.243 e. The predicted molar refractivity (Wildman–Crippen MR) is 93.7 cm³/mol. The van der Waals surface area contributed by atoms with Crippen LogP contribution in [0.15, 0.2) is 48.5 Å². The quantitative estimate of drug-likeness (QED) is 0.766. The van der Waals surface area contributed by atoms with Crippen LogP contribution in [0.4, 0.5) is 17.1 Å². The number of benzene rings is 2. The maximum atomic E-state index is 12.0. The third-order valence-electron chi connectivity index (χ3n) is 3.26. The summed E-state index contributed by atoms with van der Waals surface area (Å²) in [4.78, 5) is 23.4. The largest absolute Gasteiger partial charge is 0.376 e. The molecule has 0 radical (unpaired) electrons. The fourth-order valence-corrected chi connectivity index (χ4v) is 1.98. The Morgan fingerprint density at radius 2 is 1.48 bits per heavy atom. The second-order valence-electron chi connectivity index (χ2n) is 5.25. The lowest BCUT2D eigenvalue weighted by Gasteiger charge is -2.10. The van der Waals surface area contributed by atoms with Gasteiger partial charge in [0.1, 0.15) is 0 Å². The van der Waals surface area contributed by atoms with Gasteiger partial charge < -0.3 is 16.0 Å². The Hall–Kier alpha value is -2.82. The number of rotatable bonds is 6. The Kier molecular flexibility index (Phi) is 5.74. The number of amides is 2. The summed E-state index contributed by atoms with van der Waals surface area (Å²) in [6.45, 7) is 3.98. The first kappa shape index (κ1) is 16.5. The molecular weight excluding hydrogens is 290 g/mol. The molecule has 0 atom stereocenters. The first-order valence-electron chi connectivity index (χ1n) is 7.57. The van der Waals surface area contributed by atoms with Gasteiger partial charge in [-0.25, -0.2) is 0 Å². The van der Waals surface area contributed by atoms with Crippen molar-refractivity contribution in [2.75, 3.05) is 22.5 Å². The van der Waals surface area contributed by atoms with Crippen molar-refractivity contribution in [1.29, 1.82) is 0 Å². The highest BCUT2D eigenvalue weighted by Crippen LogP contribution is 2.15. The molecule has 0 spiro atoms. The Morgan fingerprint density at radius 1 is 0.870 bits per heavy atom. The van der Waals surface area contributed by atoms with Crippen molar-refractivity contribution in [3.8, 4) is 0 Å². The van der Waals surface area contributed by atoms with Crippen molar-refractivity contribution in [2.24, 2.45) is 0 Å². The average Bonchev–Trinajstić information content (AvgIpc) is 2.54. The summed E-state index contributed by atoms with van der Waals surface area (Å²) >= 11 is 0. The van der Waals surface area contributed by atoms with Gasteiger partial charge in [0.2, 0.25) is 11.8 Å². The van der Waals surface area contributed by atoms with E-state index in [0.717, 1.165) is 5.69 Å². The zero-order valence-electron chi connectivity index (χ0n) is 13.3. The van der Waals surface area contributed by atoms with Gasteiger partial charge in [-0.2, -0.15) is 0 Å². The van der Waals surface area contributed by atoms with Crippen molar-refractivity contribution in [3.63, 3.8) is 0 Å². The summed E-state index contributed by atoms with van der Waals surface area (Å²) in [5, 5.41) is 8.63. The molecule has 2 aromatic rings. The Balaban J connectivity index is 1.88. The third-order valence-corrected chi connectivity index (χ3v) is 3.26. The number of aryl methyl sites for hydroxylation is 1. The monoisotopic (exact) mass is 311 g/mol. The van der Waals surface area contributed by atoms with Gasteiger partial charge in [-0.15, -0.1) is 0 Å². The van der Waals surface area contributed by atoms with Crippen LogP contribution in [0.5, 0.6) is 0 Å². The minimum atomic E-state index is -0.149. The number of carbonyl (C=O) groups excluding carboxylic acids is 2. The first-order chi connectivity index (χ1) is 11.1. The second-order valence-corrected chi connectivity index (χ2v) is 5.25. The van der Waals surface area contributed by atoms with Crippen LogP contribution in [0.2, 0.25) is 0 Å². The molecule has 3 N–H and O–H groups in total. The molecule has 120 valence electrons. The highest BCUT2D eigenvalue weighted by molar-refractivity contribution is 5.95. The average molecular weight is 311 g/mol. The van der Waals surface area contributed by atoms with E-state index < -0.39 is 0 Å². The summed E-state index contributed by atoms with van der Waals surface area (Å²) in [5.41, 5.74) is 3.39. The molecule has 0 unspecified atom stereocenters. The van der Waals surface area contributed by atoms with E-state index in [0.29, 0.717) is 17.8 Å². The molecule has 0 saturated heterocycles. The predicted octanol–water partition coefficient (Wildman–Crippen LogP) is 3.39. The molecule has 0 heterocycles. The van der Waals surface area contributed by atoms with Gasteiger partial charge in [-0.1, -0.05) is 30.7 Å². The van der Waals surface area contributed by atoms with Crippen LogP contribution in [0.1, 0.15) is 18.9 Å². The lowest BCUT2D eigenvalue weighted by atomic mass is 10.2. The molecule has 2 rings (SSSR count). The topological polar surface area (TPSA) is 70.2 Å². The van der Waals surface area contributed by atoms with Gasteiger partial charge in [0.25, 0.3) is 0 Å². The molecule has 5 nitrogen and oxygen atoms in total. The fraction of sp³-hybridized carbons (Fsp3) is 0.222. The van der Waals surface area contributed by atoms with Crippen LogP contribution < -0.4 is 16.0 Å². The number of nitrogens with one attached hydrogen (secondary N) is 3. The van der Waals surface area contributed by atoms with Gasteiger partial charge in [-0.05, 0) is 37.3 Å². The van der Waals surface area contributed by atoms with E-state index >= 15 is 0 Å². The molecule has 0 aliphatic rings. The van der Waals surface area contributed by atoms with E-state index in [1.165, 1.54) is 5.56 Å². The van der Waals surface area contributed by atoms with Gasteiger partial charge in [0, 0.05) is 23.5 Å². The third kappa shape index (κ3) is 5.47. The zero-order valence-corrected chi connectivity index (χ0v) is 13.3. The SMILES string of the molecule is CCC(=O)Nc1cccc(NC(=O)CNc2ccc(C)cc2)c1. The Labute approximate surface area is 136 Å². The first-order valence-corrected chi connectivity index (χ1v) is 7.57. The fourth-order valence-electron chi connectivity index (χ4n) is 1.98. The maximum absolute atomic E-state index is 12.0. The highest BCUT2D eigenvalue weighted by Gasteiger charge is 2.04. The van der Waals surface area contributed by atoms with Gasteiger partial charge in [-0.3, -0.25) is 9.59 Å². The van der Waals surface area contributed by atoms with E-state index in [2.05, 4.69) is 16.0 Å².